The summed E-state index contributed by atoms with van der Waals surface area (Å²) in [4.78, 5) is 23.9. The second kappa shape index (κ2) is 4.97. The van der Waals surface area contributed by atoms with Crippen molar-refractivity contribution >= 4 is 17.7 Å². The quantitative estimate of drug-likeness (QED) is 0.837. The molecule has 22 heavy (non-hydrogen) atoms. The topological polar surface area (TPSA) is 92.4 Å². The summed E-state index contributed by atoms with van der Waals surface area (Å²) in [5.41, 5.74) is -0.200. The highest BCUT2D eigenvalue weighted by atomic mass is 16.5. The fourth-order valence-corrected chi connectivity index (χ4v) is 3.41. The molecule has 1 amide bonds. The lowest BCUT2D eigenvalue weighted by atomic mass is 9.82. The van der Waals surface area contributed by atoms with E-state index in [9.17, 15) is 14.7 Å². The molecule has 4 atom stereocenters. The number of carboxylic acid groups (broad SMARTS) is 1. The smallest absolute Gasteiger partial charge is 0.307 e. The number of carbonyl (C=O) groups is 2. The van der Waals surface area contributed by atoms with Crippen LogP contribution in [0.4, 0.5) is 5.82 Å². The van der Waals surface area contributed by atoms with Gasteiger partial charge in [0.05, 0.1) is 11.8 Å². The minimum atomic E-state index is -0.910. The Kier molecular flexibility index (Phi) is 3.34. The molecule has 2 N–H and O–H groups in total. The van der Waals surface area contributed by atoms with Crippen LogP contribution in [-0.4, -0.2) is 22.1 Å². The van der Waals surface area contributed by atoms with Gasteiger partial charge < -0.3 is 14.9 Å². The Balaban J connectivity index is 1.76. The molecule has 1 aromatic heterocycles. The Morgan fingerprint density at radius 2 is 1.91 bits per heavy atom. The standard InChI is InChI=1S/C16H20N2O4/c1-16(2,3)10-7-11(18-22-10)17-14(19)12-8-4-5-9(6-8)13(12)15(20)21/h4-5,7-9,12-13H,6H2,1-3H3,(H,20,21)(H,17,18,19)/t8-,9-,12-,13-/m0/s1. The zero-order valence-electron chi connectivity index (χ0n) is 12.9. The molecule has 1 fully saturated rings. The van der Waals surface area contributed by atoms with Crippen LogP contribution in [0.5, 0.6) is 0 Å². The van der Waals surface area contributed by atoms with Gasteiger partial charge in [0.2, 0.25) is 5.91 Å². The third-order valence-electron chi connectivity index (χ3n) is 4.55. The minimum Gasteiger partial charge on any atom is -0.481 e. The van der Waals surface area contributed by atoms with Crippen molar-refractivity contribution in [2.24, 2.45) is 23.7 Å². The van der Waals surface area contributed by atoms with E-state index in [1.807, 2.05) is 32.9 Å². The van der Waals surface area contributed by atoms with Crippen LogP contribution in [0.3, 0.4) is 0 Å². The second-order valence-corrected chi connectivity index (χ2v) is 7.15. The van der Waals surface area contributed by atoms with Gasteiger partial charge in [-0.1, -0.05) is 38.1 Å². The first kappa shape index (κ1) is 14.8. The molecular weight excluding hydrogens is 284 g/mol. The first-order valence-electron chi connectivity index (χ1n) is 7.46. The normalized spacial score (nSPS) is 29.8. The van der Waals surface area contributed by atoms with Crippen LogP contribution in [0.25, 0.3) is 0 Å². The average Bonchev–Trinajstić information content (AvgIpc) is 3.11. The predicted molar refractivity (Wildman–Crippen MR) is 79.2 cm³/mol. The summed E-state index contributed by atoms with van der Waals surface area (Å²) in [6.07, 6.45) is 4.61. The maximum atomic E-state index is 12.5. The van der Waals surface area contributed by atoms with Gasteiger partial charge in [0.25, 0.3) is 0 Å². The molecule has 6 heteroatoms. The molecule has 0 radical (unpaired) electrons. The van der Waals surface area contributed by atoms with E-state index in [-0.39, 0.29) is 23.2 Å². The van der Waals surface area contributed by atoms with E-state index in [4.69, 9.17) is 4.52 Å². The average molecular weight is 304 g/mol. The molecule has 2 aliphatic rings. The van der Waals surface area contributed by atoms with Crippen LogP contribution >= 0.6 is 0 Å². The van der Waals surface area contributed by atoms with Crippen LogP contribution in [0.1, 0.15) is 33.0 Å². The van der Waals surface area contributed by atoms with Crippen molar-refractivity contribution in [3.05, 3.63) is 24.0 Å². The number of anilines is 1. The Labute approximate surface area is 128 Å². The third-order valence-corrected chi connectivity index (χ3v) is 4.55. The van der Waals surface area contributed by atoms with Crippen molar-refractivity contribution in [1.29, 1.82) is 0 Å². The summed E-state index contributed by atoms with van der Waals surface area (Å²) in [6.45, 7) is 5.96. The van der Waals surface area contributed by atoms with E-state index < -0.39 is 17.8 Å². The number of fused-ring (bicyclic) bond motifs is 2. The maximum absolute atomic E-state index is 12.5. The van der Waals surface area contributed by atoms with Crippen molar-refractivity contribution < 1.29 is 19.2 Å². The fraction of sp³-hybridized carbons (Fsp3) is 0.562. The van der Waals surface area contributed by atoms with Crippen LogP contribution in [0.15, 0.2) is 22.7 Å². The molecular formula is C16H20N2O4. The van der Waals surface area contributed by atoms with Crippen molar-refractivity contribution in [2.45, 2.75) is 32.6 Å². The van der Waals surface area contributed by atoms with Gasteiger partial charge in [0, 0.05) is 11.5 Å². The highest BCUT2D eigenvalue weighted by Crippen LogP contribution is 2.48. The molecule has 6 nitrogen and oxygen atoms in total. The van der Waals surface area contributed by atoms with Crippen molar-refractivity contribution in [2.75, 3.05) is 5.32 Å². The summed E-state index contributed by atoms with van der Waals surface area (Å²) >= 11 is 0. The Bertz CT molecular complexity index is 641. The molecule has 3 rings (SSSR count). The number of hydrogen-bond donors (Lipinski definition) is 2. The molecule has 1 heterocycles. The highest BCUT2D eigenvalue weighted by Gasteiger charge is 2.51. The lowest BCUT2D eigenvalue weighted by Gasteiger charge is -2.23. The molecule has 118 valence electrons. The van der Waals surface area contributed by atoms with E-state index in [0.29, 0.717) is 11.6 Å². The predicted octanol–water partition coefficient (Wildman–Crippen LogP) is 2.43. The number of aromatic nitrogens is 1. The fourth-order valence-electron chi connectivity index (χ4n) is 3.41. The van der Waals surface area contributed by atoms with Gasteiger partial charge in [-0.15, -0.1) is 0 Å². The zero-order chi connectivity index (χ0) is 16.1. The first-order chi connectivity index (χ1) is 10.3. The number of aliphatic carboxylic acids is 1. The van der Waals surface area contributed by atoms with E-state index in [1.165, 1.54) is 0 Å². The number of allylic oxidation sites excluding steroid dienone is 2. The van der Waals surface area contributed by atoms with E-state index in [2.05, 4.69) is 10.5 Å². The number of nitrogens with one attached hydrogen (secondary N) is 1. The Morgan fingerprint density at radius 3 is 2.45 bits per heavy atom. The SMILES string of the molecule is CC(C)(C)c1cc(NC(=O)[C@@H]2[C@@H](C(=O)O)[C@H]3C=C[C@H]2C3)no1. The largest absolute Gasteiger partial charge is 0.481 e. The number of amides is 1. The van der Waals surface area contributed by atoms with E-state index in [0.717, 1.165) is 6.42 Å². The van der Waals surface area contributed by atoms with E-state index in [1.54, 1.807) is 6.07 Å². The molecule has 2 aliphatic carbocycles. The molecule has 0 unspecified atom stereocenters. The van der Waals surface area contributed by atoms with Crippen LogP contribution in [0.2, 0.25) is 0 Å². The Hall–Kier alpha value is -2.11. The van der Waals surface area contributed by atoms with Gasteiger partial charge in [-0.2, -0.15) is 0 Å². The first-order valence-corrected chi connectivity index (χ1v) is 7.46. The summed E-state index contributed by atoms with van der Waals surface area (Å²) in [6, 6.07) is 1.69. The van der Waals surface area contributed by atoms with Gasteiger partial charge in [0.15, 0.2) is 5.82 Å². The van der Waals surface area contributed by atoms with Crippen molar-refractivity contribution in [3.63, 3.8) is 0 Å². The number of carboxylic acids is 1. The number of rotatable bonds is 3. The molecule has 0 spiro atoms. The summed E-state index contributed by atoms with van der Waals surface area (Å²) in [5.74, 6) is -1.42. The molecule has 0 saturated heterocycles. The van der Waals surface area contributed by atoms with Crippen LogP contribution < -0.4 is 5.32 Å². The summed E-state index contributed by atoms with van der Waals surface area (Å²) in [7, 11) is 0. The number of nitrogens with zero attached hydrogens (tertiary/aromatic N) is 1. The molecule has 0 aromatic carbocycles. The van der Waals surface area contributed by atoms with Gasteiger partial charge >= 0.3 is 5.97 Å². The second-order valence-electron chi connectivity index (χ2n) is 7.15. The molecule has 1 saturated carbocycles. The summed E-state index contributed by atoms with van der Waals surface area (Å²) < 4.78 is 5.23. The maximum Gasteiger partial charge on any atom is 0.307 e. The van der Waals surface area contributed by atoms with Crippen molar-refractivity contribution in [3.8, 4) is 0 Å². The molecule has 1 aromatic rings. The van der Waals surface area contributed by atoms with Gasteiger partial charge in [-0.25, -0.2) is 0 Å². The van der Waals surface area contributed by atoms with Crippen molar-refractivity contribution in [1.82, 2.24) is 5.16 Å². The lowest BCUT2D eigenvalue weighted by molar-refractivity contribution is -0.146. The van der Waals surface area contributed by atoms with Crippen LogP contribution in [-0.2, 0) is 15.0 Å². The zero-order valence-corrected chi connectivity index (χ0v) is 12.9. The molecule has 0 aliphatic heterocycles. The molecule has 2 bridgehead atoms. The Morgan fingerprint density at radius 1 is 1.27 bits per heavy atom. The van der Waals surface area contributed by atoms with Gasteiger partial charge in [-0.05, 0) is 18.3 Å². The number of hydrogen-bond acceptors (Lipinski definition) is 4. The van der Waals surface area contributed by atoms with Crippen LogP contribution in [0, 0.1) is 23.7 Å². The van der Waals surface area contributed by atoms with Gasteiger partial charge in [-0.3, -0.25) is 9.59 Å². The highest BCUT2D eigenvalue weighted by molar-refractivity contribution is 5.95. The lowest BCUT2D eigenvalue weighted by Crippen LogP contribution is -2.36. The third kappa shape index (κ3) is 2.42. The minimum absolute atomic E-state index is 0.0000811. The summed E-state index contributed by atoms with van der Waals surface area (Å²) in [5, 5.41) is 15.9. The number of carbonyl (C=O) groups excluding carboxylic acids is 1. The van der Waals surface area contributed by atoms with Gasteiger partial charge in [0.1, 0.15) is 5.76 Å². The van der Waals surface area contributed by atoms with E-state index >= 15 is 0 Å². The monoisotopic (exact) mass is 304 g/mol.